The Labute approximate surface area is 140 Å². The van der Waals surface area contributed by atoms with E-state index in [-0.39, 0.29) is 0 Å². The van der Waals surface area contributed by atoms with E-state index in [0.29, 0.717) is 10.7 Å². The summed E-state index contributed by atoms with van der Waals surface area (Å²) in [4.78, 5) is 23.3. The number of nitrogens with one attached hydrogen (secondary N) is 2. The van der Waals surface area contributed by atoms with Crippen molar-refractivity contribution in [3.8, 4) is 0 Å². The second kappa shape index (κ2) is 7.72. The zero-order valence-electron chi connectivity index (χ0n) is 11.2. The van der Waals surface area contributed by atoms with Gasteiger partial charge in [-0.05, 0) is 29.8 Å². The van der Waals surface area contributed by atoms with Crippen molar-refractivity contribution in [1.82, 2.24) is 5.43 Å². The average molecular weight is 381 g/mol. The van der Waals surface area contributed by atoms with Crippen LogP contribution in [0.1, 0.15) is 5.56 Å². The summed E-state index contributed by atoms with van der Waals surface area (Å²) < 4.78 is 0.888. The highest BCUT2D eigenvalue weighted by atomic mass is 79.9. The molecular formula is C15H11BrClN3O2. The van der Waals surface area contributed by atoms with E-state index in [1.165, 1.54) is 6.21 Å². The van der Waals surface area contributed by atoms with Crippen molar-refractivity contribution in [2.45, 2.75) is 0 Å². The minimum atomic E-state index is -0.883. The summed E-state index contributed by atoms with van der Waals surface area (Å²) >= 11 is 9.22. The smallest absolute Gasteiger partial charge is 0.316 e. The van der Waals surface area contributed by atoms with Crippen LogP contribution in [0.5, 0.6) is 0 Å². The monoisotopic (exact) mass is 379 g/mol. The third-order valence-corrected chi connectivity index (χ3v) is 3.38. The van der Waals surface area contributed by atoms with Gasteiger partial charge < -0.3 is 5.32 Å². The molecule has 22 heavy (non-hydrogen) atoms. The third kappa shape index (κ3) is 4.68. The molecule has 0 radical (unpaired) electrons. The Hall–Kier alpha value is -2.18. The maximum absolute atomic E-state index is 11.7. The predicted molar refractivity (Wildman–Crippen MR) is 90.0 cm³/mol. The molecule has 0 saturated heterocycles. The van der Waals surface area contributed by atoms with E-state index in [0.717, 1.165) is 10.0 Å². The van der Waals surface area contributed by atoms with Gasteiger partial charge in [-0.2, -0.15) is 5.10 Å². The van der Waals surface area contributed by atoms with Gasteiger partial charge in [0.1, 0.15) is 0 Å². The van der Waals surface area contributed by atoms with Crippen LogP contribution in [0, 0.1) is 0 Å². The molecule has 0 aliphatic heterocycles. The first-order chi connectivity index (χ1) is 10.6. The van der Waals surface area contributed by atoms with Crippen LogP contribution in [0.15, 0.2) is 58.1 Å². The van der Waals surface area contributed by atoms with Crippen LogP contribution >= 0.6 is 27.5 Å². The number of rotatable bonds is 3. The van der Waals surface area contributed by atoms with Crippen LogP contribution in [0.3, 0.4) is 0 Å². The van der Waals surface area contributed by atoms with Gasteiger partial charge in [-0.25, -0.2) is 5.43 Å². The van der Waals surface area contributed by atoms with E-state index in [1.54, 1.807) is 24.3 Å². The number of benzene rings is 2. The Morgan fingerprint density at radius 1 is 1.09 bits per heavy atom. The lowest BCUT2D eigenvalue weighted by Crippen LogP contribution is -2.32. The fourth-order valence-electron chi connectivity index (χ4n) is 1.54. The van der Waals surface area contributed by atoms with Crippen molar-refractivity contribution in [3.63, 3.8) is 0 Å². The van der Waals surface area contributed by atoms with E-state index in [1.807, 2.05) is 24.3 Å². The number of hydrogen-bond donors (Lipinski definition) is 2. The van der Waals surface area contributed by atoms with Gasteiger partial charge in [-0.15, -0.1) is 0 Å². The first kappa shape index (κ1) is 16.2. The molecule has 2 aromatic rings. The minimum absolute atomic E-state index is 0.348. The van der Waals surface area contributed by atoms with E-state index in [4.69, 9.17) is 11.6 Å². The SMILES string of the molecule is O=C(N/N=C/c1cccc(Br)c1)C(=O)Nc1ccccc1Cl. The average Bonchev–Trinajstić information content (AvgIpc) is 2.49. The van der Waals surface area contributed by atoms with E-state index in [9.17, 15) is 9.59 Å². The van der Waals surface area contributed by atoms with Crippen molar-refractivity contribution in [3.05, 3.63) is 63.6 Å². The van der Waals surface area contributed by atoms with Gasteiger partial charge in [0.2, 0.25) is 0 Å². The Kier molecular flexibility index (Phi) is 5.68. The van der Waals surface area contributed by atoms with Gasteiger partial charge in [-0.1, -0.05) is 51.8 Å². The van der Waals surface area contributed by atoms with Crippen LogP contribution < -0.4 is 10.7 Å². The zero-order chi connectivity index (χ0) is 15.9. The normalized spacial score (nSPS) is 10.5. The highest BCUT2D eigenvalue weighted by Crippen LogP contribution is 2.20. The Balaban J connectivity index is 1.92. The zero-order valence-corrected chi connectivity index (χ0v) is 13.6. The summed E-state index contributed by atoms with van der Waals surface area (Å²) in [6.45, 7) is 0. The van der Waals surface area contributed by atoms with Crippen molar-refractivity contribution in [2.24, 2.45) is 5.10 Å². The first-order valence-corrected chi connectivity index (χ1v) is 7.38. The summed E-state index contributed by atoms with van der Waals surface area (Å²) in [5.41, 5.74) is 3.29. The Bertz CT molecular complexity index is 734. The summed E-state index contributed by atoms with van der Waals surface area (Å²) in [6, 6.07) is 14.0. The fourth-order valence-corrected chi connectivity index (χ4v) is 2.14. The second-order valence-corrected chi connectivity index (χ2v) is 5.51. The molecule has 0 heterocycles. The van der Waals surface area contributed by atoms with Crippen LogP contribution in [0.2, 0.25) is 5.02 Å². The number of hydrazone groups is 1. The Morgan fingerprint density at radius 2 is 1.86 bits per heavy atom. The molecule has 2 rings (SSSR count). The molecule has 0 atom stereocenters. The maximum Gasteiger partial charge on any atom is 0.329 e. The molecule has 112 valence electrons. The number of para-hydroxylation sites is 1. The second-order valence-electron chi connectivity index (χ2n) is 4.19. The van der Waals surface area contributed by atoms with Crippen molar-refractivity contribution in [2.75, 3.05) is 5.32 Å². The molecule has 7 heteroatoms. The van der Waals surface area contributed by atoms with Gasteiger partial charge >= 0.3 is 11.8 Å². The molecule has 5 nitrogen and oxygen atoms in total. The standard InChI is InChI=1S/C15H11BrClN3O2/c16-11-5-3-4-10(8-11)9-18-20-15(22)14(21)19-13-7-2-1-6-12(13)17/h1-9H,(H,19,21)(H,20,22)/b18-9+. The first-order valence-electron chi connectivity index (χ1n) is 6.21. The van der Waals surface area contributed by atoms with Crippen LogP contribution in [-0.4, -0.2) is 18.0 Å². The summed E-state index contributed by atoms with van der Waals surface area (Å²) in [5.74, 6) is -1.73. The molecule has 0 aromatic heterocycles. The van der Waals surface area contributed by atoms with Gasteiger partial charge in [0.25, 0.3) is 0 Å². The largest absolute Gasteiger partial charge is 0.329 e. The molecule has 0 fully saturated rings. The molecule has 0 aliphatic rings. The highest BCUT2D eigenvalue weighted by molar-refractivity contribution is 9.10. The predicted octanol–water partition coefficient (Wildman–Crippen LogP) is 3.19. The summed E-state index contributed by atoms with van der Waals surface area (Å²) in [6.07, 6.45) is 1.44. The highest BCUT2D eigenvalue weighted by Gasteiger charge is 2.13. The number of carbonyl (C=O) groups excluding carboxylic acids is 2. The molecular weight excluding hydrogens is 370 g/mol. The quantitative estimate of drug-likeness (QED) is 0.488. The number of carbonyl (C=O) groups is 2. The van der Waals surface area contributed by atoms with Gasteiger partial charge in [-0.3, -0.25) is 9.59 Å². The topological polar surface area (TPSA) is 70.6 Å². The molecule has 0 unspecified atom stereocenters. The lowest BCUT2D eigenvalue weighted by Gasteiger charge is -2.05. The van der Waals surface area contributed by atoms with Gasteiger partial charge in [0, 0.05) is 4.47 Å². The Morgan fingerprint density at radius 3 is 2.59 bits per heavy atom. The van der Waals surface area contributed by atoms with E-state index in [2.05, 4.69) is 31.8 Å². The van der Waals surface area contributed by atoms with Gasteiger partial charge in [0.05, 0.1) is 16.9 Å². The lowest BCUT2D eigenvalue weighted by molar-refractivity contribution is -0.136. The molecule has 2 aromatic carbocycles. The molecule has 2 amide bonds. The third-order valence-electron chi connectivity index (χ3n) is 2.56. The maximum atomic E-state index is 11.7. The van der Waals surface area contributed by atoms with E-state index >= 15 is 0 Å². The number of amides is 2. The number of anilines is 1. The van der Waals surface area contributed by atoms with Crippen molar-refractivity contribution in [1.29, 1.82) is 0 Å². The minimum Gasteiger partial charge on any atom is -0.316 e. The lowest BCUT2D eigenvalue weighted by atomic mass is 10.2. The van der Waals surface area contributed by atoms with Crippen LogP contribution in [0.4, 0.5) is 5.69 Å². The number of nitrogens with zero attached hydrogens (tertiary/aromatic N) is 1. The summed E-state index contributed by atoms with van der Waals surface area (Å²) in [7, 11) is 0. The van der Waals surface area contributed by atoms with Crippen LogP contribution in [0.25, 0.3) is 0 Å². The molecule has 2 N–H and O–H groups in total. The number of halogens is 2. The van der Waals surface area contributed by atoms with Crippen molar-refractivity contribution >= 4 is 51.2 Å². The van der Waals surface area contributed by atoms with E-state index < -0.39 is 11.8 Å². The fraction of sp³-hybridized carbons (Fsp3) is 0. The van der Waals surface area contributed by atoms with Crippen LogP contribution in [-0.2, 0) is 9.59 Å². The van der Waals surface area contributed by atoms with Gasteiger partial charge in [0.15, 0.2) is 0 Å². The molecule has 0 bridgehead atoms. The molecule has 0 aliphatic carbocycles. The summed E-state index contributed by atoms with van der Waals surface area (Å²) in [5, 5.41) is 6.48. The van der Waals surface area contributed by atoms with Crippen molar-refractivity contribution < 1.29 is 9.59 Å². The number of hydrogen-bond acceptors (Lipinski definition) is 3. The molecule has 0 saturated carbocycles. The molecule has 0 spiro atoms.